The number of carbonyl (C=O) groups excluding carboxylic acids is 1. The van der Waals surface area contributed by atoms with E-state index in [1.165, 1.54) is 11.8 Å². The number of aryl methyl sites for hydroxylation is 1. The van der Waals surface area contributed by atoms with Gasteiger partial charge in [-0.15, -0.1) is 0 Å². The van der Waals surface area contributed by atoms with Crippen LogP contribution in [0.5, 0.6) is 0 Å². The topological polar surface area (TPSA) is 75.6 Å². The van der Waals surface area contributed by atoms with Crippen LogP contribution in [0.25, 0.3) is 11.3 Å². The quantitative estimate of drug-likeness (QED) is 0.460. The average molecular weight is 404 g/mol. The van der Waals surface area contributed by atoms with Crippen molar-refractivity contribution in [3.63, 3.8) is 0 Å². The molecular formula is C22H21N5OS. The first kappa shape index (κ1) is 19.0. The third-order valence-corrected chi connectivity index (χ3v) is 5.42. The highest BCUT2D eigenvalue weighted by Gasteiger charge is 2.20. The van der Waals surface area contributed by atoms with Gasteiger partial charge in [0.15, 0.2) is 5.16 Å². The molecule has 2 aromatic heterocycles. The van der Waals surface area contributed by atoms with Crippen LogP contribution in [0.1, 0.15) is 17.4 Å². The second kappa shape index (κ2) is 8.79. The summed E-state index contributed by atoms with van der Waals surface area (Å²) in [5, 5.41) is 3.82. The van der Waals surface area contributed by atoms with E-state index in [0.29, 0.717) is 5.16 Å². The Bertz CT molecular complexity index is 1070. The first-order valence-corrected chi connectivity index (χ1v) is 10.2. The van der Waals surface area contributed by atoms with Crippen molar-refractivity contribution in [1.29, 1.82) is 0 Å². The maximum atomic E-state index is 12.7. The number of hydrogen-bond donors (Lipinski definition) is 2. The molecule has 0 bridgehead atoms. The molecule has 1 amide bonds. The zero-order valence-electron chi connectivity index (χ0n) is 15.9. The van der Waals surface area contributed by atoms with Gasteiger partial charge in [-0.05, 0) is 11.1 Å². The van der Waals surface area contributed by atoms with Gasteiger partial charge in [-0.3, -0.25) is 4.79 Å². The van der Waals surface area contributed by atoms with Gasteiger partial charge in [-0.1, -0.05) is 72.4 Å². The molecule has 1 atom stereocenters. The number of hydrogen-bond acceptors (Lipinski definition) is 4. The number of aromatic nitrogens is 4. The standard InChI is InChI=1S/C22H21N5OS/c1-27-13-12-23-21(27)20(17-10-6-3-7-11-17)26-19(28)15-29-22-24-14-18(25-22)16-8-4-2-5-9-16/h2-14,20H,15H2,1H3,(H,24,25)(H,26,28)/t20-/m0/s1. The molecule has 2 N–H and O–H groups in total. The molecule has 0 aliphatic rings. The van der Waals surface area contributed by atoms with E-state index in [2.05, 4.69) is 20.3 Å². The average Bonchev–Trinajstić information content (AvgIpc) is 3.41. The Morgan fingerprint density at radius 3 is 2.52 bits per heavy atom. The Hall–Kier alpha value is -3.32. The van der Waals surface area contributed by atoms with Crippen LogP contribution in [-0.4, -0.2) is 31.2 Å². The second-order valence-corrected chi connectivity index (χ2v) is 7.53. The molecule has 0 saturated carbocycles. The van der Waals surface area contributed by atoms with Crippen molar-refractivity contribution in [2.24, 2.45) is 7.05 Å². The maximum absolute atomic E-state index is 12.7. The molecule has 29 heavy (non-hydrogen) atoms. The molecule has 0 saturated heterocycles. The minimum Gasteiger partial charge on any atom is -0.341 e. The summed E-state index contributed by atoms with van der Waals surface area (Å²) in [7, 11) is 1.92. The van der Waals surface area contributed by atoms with Gasteiger partial charge in [0.05, 0.1) is 17.6 Å². The summed E-state index contributed by atoms with van der Waals surface area (Å²) < 4.78 is 1.92. The predicted octanol–water partition coefficient (Wildman–Crippen LogP) is 3.81. The normalized spacial score (nSPS) is 11.9. The minimum absolute atomic E-state index is 0.0792. The number of aromatic amines is 1. The first-order valence-electron chi connectivity index (χ1n) is 9.25. The van der Waals surface area contributed by atoms with Gasteiger partial charge in [0.25, 0.3) is 0 Å². The molecule has 7 heteroatoms. The van der Waals surface area contributed by atoms with Crippen LogP contribution in [0, 0.1) is 0 Å². The van der Waals surface area contributed by atoms with Gasteiger partial charge in [0.2, 0.25) is 5.91 Å². The monoisotopic (exact) mass is 403 g/mol. The lowest BCUT2D eigenvalue weighted by Gasteiger charge is -2.19. The lowest BCUT2D eigenvalue weighted by atomic mass is 10.1. The molecule has 146 valence electrons. The fourth-order valence-electron chi connectivity index (χ4n) is 3.08. The summed E-state index contributed by atoms with van der Waals surface area (Å²) in [4.78, 5) is 24.7. The van der Waals surface area contributed by atoms with Crippen molar-refractivity contribution in [2.75, 3.05) is 5.75 Å². The zero-order valence-corrected chi connectivity index (χ0v) is 16.8. The molecule has 0 fully saturated rings. The highest BCUT2D eigenvalue weighted by atomic mass is 32.2. The summed E-state index contributed by atoms with van der Waals surface area (Å²) in [5.41, 5.74) is 2.99. The summed E-state index contributed by atoms with van der Waals surface area (Å²) in [6.07, 6.45) is 5.40. The smallest absolute Gasteiger partial charge is 0.231 e. The van der Waals surface area contributed by atoms with Gasteiger partial charge in [0, 0.05) is 19.4 Å². The van der Waals surface area contributed by atoms with Crippen LogP contribution < -0.4 is 5.32 Å². The molecule has 6 nitrogen and oxygen atoms in total. The summed E-state index contributed by atoms with van der Waals surface area (Å²) in [6.45, 7) is 0. The van der Waals surface area contributed by atoms with Crippen LogP contribution in [0.2, 0.25) is 0 Å². The number of nitrogens with zero attached hydrogens (tertiary/aromatic N) is 3. The SMILES string of the molecule is Cn1ccnc1[C@@H](NC(=O)CSc1ncc(-c2ccccc2)[nH]1)c1ccccc1. The maximum Gasteiger partial charge on any atom is 0.231 e. The molecule has 0 aliphatic carbocycles. The molecule has 0 spiro atoms. The van der Waals surface area contributed by atoms with E-state index in [-0.39, 0.29) is 17.7 Å². The lowest BCUT2D eigenvalue weighted by molar-refractivity contribution is -0.119. The minimum atomic E-state index is -0.305. The van der Waals surface area contributed by atoms with Crippen molar-refractivity contribution in [2.45, 2.75) is 11.2 Å². The third kappa shape index (κ3) is 4.57. The number of H-pyrrole nitrogens is 1. The Morgan fingerprint density at radius 1 is 1.10 bits per heavy atom. The Kier molecular flexibility index (Phi) is 5.76. The highest BCUT2D eigenvalue weighted by Crippen LogP contribution is 2.23. The molecular weight excluding hydrogens is 382 g/mol. The molecule has 2 aromatic carbocycles. The van der Waals surface area contributed by atoms with E-state index in [0.717, 1.165) is 22.6 Å². The fourth-order valence-corrected chi connectivity index (χ4v) is 3.74. The first-order chi connectivity index (χ1) is 14.2. The van der Waals surface area contributed by atoms with E-state index in [1.54, 1.807) is 12.4 Å². The van der Waals surface area contributed by atoms with Gasteiger partial charge < -0.3 is 14.9 Å². The van der Waals surface area contributed by atoms with Crippen LogP contribution in [0.4, 0.5) is 0 Å². The van der Waals surface area contributed by atoms with Crippen molar-refractivity contribution in [1.82, 2.24) is 24.8 Å². The van der Waals surface area contributed by atoms with E-state index in [4.69, 9.17) is 0 Å². The van der Waals surface area contributed by atoms with Crippen LogP contribution in [-0.2, 0) is 11.8 Å². The number of amides is 1. The van der Waals surface area contributed by atoms with E-state index < -0.39 is 0 Å². The predicted molar refractivity (Wildman–Crippen MR) is 114 cm³/mol. The molecule has 4 rings (SSSR count). The fraction of sp³-hybridized carbons (Fsp3) is 0.136. The van der Waals surface area contributed by atoms with Crippen molar-refractivity contribution in [3.8, 4) is 11.3 Å². The largest absolute Gasteiger partial charge is 0.341 e. The Morgan fingerprint density at radius 2 is 1.83 bits per heavy atom. The van der Waals surface area contributed by atoms with Gasteiger partial charge >= 0.3 is 0 Å². The Balaban J connectivity index is 1.43. The van der Waals surface area contributed by atoms with Crippen LogP contribution in [0.3, 0.4) is 0 Å². The molecule has 2 heterocycles. The number of carbonyl (C=O) groups is 1. The van der Waals surface area contributed by atoms with Crippen molar-refractivity contribution in [3.05, 3.63) is 90.6 Å². The third-order valence-electron chi connectivity index (χ3n) is 4.53. The lowest BCUT2D eigenvalue weighted by Crippen LogP contribution is -2.32. The number of imidazole rings is 2. The summed E-state index contributed by atoms with van der Waals surface area (Å²) in [5.74, 6) is 0.971. The Labute approximate surface area is 173 Å². The molecule has 0 unspecified atom stereocenters. The second-order valence-electron chi connectivity index (χ2n) is 6.56. The molecule has 4 aromatic rings. The van der Waals surface area contributed by atoms with E-state index >= 15 is 0 Å². The number of rotatable bonds is 7. The van der Waals surface area contributed by atoms with Crippen molar-refractivity contribution >= 4 is 17.7 Å². The summed E-state index contributed by atoms with van der Waals surface area (Å²) in [6, 6.07) is 19.5. The number of nitrogens with one attached hydrogen (secondary N) is 2. The van der Waals surface area contributed by atoms with Crippen LogP contribution >= 0.6 is 11.8 Å². The van der Waals surface area contributed by atoms with Gasteiger partial charge in [-0.25, -0.2) is 9.97 Å². The number of benzene rings is 2. The molecule has 0 aliphatic heterocycles. The number of thioether (sulfide) groups is 1. The van der Waals surface area contributed by atoms with E-state index in [1.807, 2.05) is 78.5 Å². The highest BCUT2D eigenvalue weighted by molar-refractivity contribution is 7.99. The van der Waals surface area contributed by atoms with Crippen LogP contribution in [0.15, 0.2) is 84.4 Å². The van der Waals surface area contributed by atoms with Crippen molar-refractivity contribution < 1.29 is 4.79 Å². The van der Waals surface area contributed by atoms with Gasteiger partial charge in [-0.2, -0.15) is 0 Å². The summed E-state index contributed by atoms with van der Waals surface area (Å²) >= 11 is 1.38. The van der Waals surface area contributed by atoms with E-state index in [9.17, 15) is 4.79 Å². The molecule has 0 radical (unpaired) electrons. The zero-order chi connectivity index (χ0) is 20.1. The van der Waals surface area contributed by atoms with Gasteiger partial charge in [0.1, 0.15) is 11.9 Å².